The number of hydrogen-bond donors (Lipinski definition) is 0. The van der Waals surface area contributed by atoms with E-state index in [4.69, 9.17) is 0 Å². The topological polar surface area (TPSA) is 51.6 Å². The molecule has 0 radical (unpaired) electrons. The third-order valence-electron chi connectivity index (χ3n) is 4.69. The van der Waals surface area contributed by atoms with Gasteiger partial charge in [-0.2, -0.15) is 0 Å². The summed E-state index contributed by atoms with van der Waals surface area (Å²) in [6.07, 6.45) is 7.21. The van der Waals surface area contributed by atoms with E-state index in [1.165, 1.54) is 0 Å². The summed E-state index contributed by atoms with van der Waals surface area (Å²) in [6.45, 7) is 0. The molecule has 0 spiro atoms. The molecule has 150 valence electrons. The first-order valence-corrected chi connectivity index (χ1v) is 10.5. The van der Waals surface area contributed by atoms with Crippen LogP contribution in [0.5, 0.6) is 0 Å². The van der Waals surface area contributed by atoms with Crippen molar-refractivity contribution in [3.63, 3.8) is 0 Å². The Balaban J connectivity index is 0.000000134. The van der Waals surface area contributed by atoms with Crippen LogP contribution < -0.4 is 0 Å². The fourth-order valence-electron chi connectivity index (χ4n) is 3.36. The summed E-state index contributed by atoms with van der Waals surface area (Å²) in [4.78, 5) is 17.4. The van der Waals surface area contributed by atoms with Crippen molar-refractivity contribution in [1.82, 2.24) is 19.9 Å². The average molecular weight is 459 g/mol. The first-order valence-electron chi connectivity index (χ1n) is 9.18. The molecule has 2 aromatic carbocycles. The van der Waals surface area contributed by atoms with Gasteiger partial charge in [0.1, 0.15) is 0 Å². The Labute approximate surface area is 186 Å². The van der Waals surface area contributed by atoms with E-state index in [2.05, 4.69) is 93.7 Å². The van der Waals surface area contributed by atoms with Gasteiger partial charge in [0.05, 0.1) is 22.1 Å². The van der Waals surface area contributed by atoms with Crippen molar-refractivity contribution in [3.8, 4) is 0 Å². The van der Waals surface area contributed by atoms with Crippen LogP contribution in [-0.2, 0) is 15.1 Å². The van der Waals surface area contributed by atoms with Gasteiger partial charge >= 0.3 is 25.2 Å². The number of halogens is 1. The summed E-state index contributed by atoms with van der Waals surface area (Å²) in [5.41, 5.74) is 3.91. The minimum Gasteiger partial charge on any atom is -0.254 e. The van der Waals surface area contributed by atoms with Crippen LogP contribution in [0.15, 0.2) is 97.6 Å². The molecule has 4 nitrogen and oxygen atoms in total. The first-order chi connectivity index (χ1) is 14.9. The molecule has 4 aromatic heterocycles. The number of hydrogen-bond acceptors (Lipinski definition) is 4. The van der Waals surface area contributed by atoms with Crippen LogP contribution in [0, 0.1) is 0 Å². The summed E-state index contributed by atoms with van der Waals surface area (Å²) in [5.74, 6) is 0. The van der Waals surface area contributed by atoms with Gasteiger partial charge in [0.15, 0.2) is 0 Å². The number of rotatable bonds is 0. The van der Waals surface area contributed by atoms with Crippen LogP contribution in [0.25, 0.3) is 43.6 Å². The van der Waals surface area contributed by atoms with Gasteiger partial charge in [-0.1, -0.05) is 48.5 Å². The van der Waals surface area contributed by atoms with Crippen LogP contribution in [-0.4, -0.2) is 19.9 Å². The molecule has 0 aliphatic rings. The zero-order chi connectivity index (χ0) is 20.8. The van der Waals surface area contributed by atoms with Gasteiger partial charge in [-0.05, 0) is 24.3 Å². The van der Waals surface area contributed by atoms with Crippen molar-refractivity contribution in [2.75, 3.05) is 0 Å². The molecule has 0 aliphatic carbocycles. The monoisotopic (exact) mass is 458 g/mol. The Morgan fingerprint density at radius 3 is 0.867 bits per heavy atom. The molecule has 4 heterocycles. The van der Waals surface area contributed by atoms with E-state index in [9.17, 15) is 0 Å². The SMILES string of the molecule is [Cl][Cu].c1cnc2c(c1)ccc1cccnc12.c1cnc2c(c1)ccc1cccnc12. The van der Waals surface area contributed by atoms with Crippen LogP contribution in [0.2, 0.25) is 0 Å². The maximum Gasteiger partial charge on any atom is 0.0964 e. The summed E-state index contributed by atoms with van der Waals surface area (Å²) < 4.78 is 0. The Bertz CT molecular complexity index is 1220. The summed E-state index contributed by atoms with van der Waals surface area (Å²) in [6, 6.07) is 24.3. The summed E-state index contributed by atoms with van der Waals surface area (Å²) in [5, 5.41) is 4.55. The second kappa shape index (κ2) is 9.59. The van der Waals surface area contributed by atoms with Gasteiger partial charge in [-0.25, -0.2) is 0 Å². The number of nitrogens with zero attached hydrogens (tertiary/aromatic N) is 4. The fourth-order valence-corrected chi connectivity index (χ4v) is 3.36. The predicted molar refractivity (Wildman–Crippen MR) is 120 cm³/mol. The molecule has 0 N–H and O–H groups in total. The molecule has 0 unspecified atom stereocenters. The molecule has 6 aromatic rings. The van der Waals surface area contributed by atoms with E-state index in [1.54, 1.807) is 24.8 Å². The van der Waals surface area contributed by atoms with Gasteiger partial charge in [0.2, 0.25) is 0 Å². The van der Waals surface area contributed by atoms with Crippen molar-refractivity contribution < 1.29 is 15.1 Å². The van der Waals surface area contributed by atoms with Crippen LogP contribution >= 0.6 is 10.1 Å². The molecule has 30 heavy (non-hydrogen) atoms. The molecule has 6 rings (SSSR count). The molecule has 6 heteroatoms. The molecule has 0 amide bonds. The summed E-state index contributed by atoms with van der Waals surface area (Å²) >= 11 is 3.66. The van der Waals surface area contributed by atoms with Gasteiger partial charge in [0, 0.05) is 46.3 Å². The Hall–Kier alpha value is -3.11. The van der Waals surface area contributed by atoms with Crippen LogP contribution in [0.1, 0.15) is 0 Å². The Morgan fingerprint density at radius 1 is 0.400 bits per heavy atom. The third kappa shape index (κ3) is 4.10. The smallest absolute Gasteiger partial charge is 0.0964 e. The normalized spacial score (nSPS) is 10.4. The minimum atomic E-state index is 0.977. The number of benzene rings is 2. The molecule has 0 fully saturated rings. The van der Waals surface area contributed by atoms with E-state index in [-0.39, 0.29) is 0 Å². The van der Waals surface area contributed by atoms with Gasteiger partial charge in [-0.15, -0.1) is 0 Å². The Kier molecular flexibility index (Phi) is 6.45. The molecular formula is C24H16ClCuN4. The quantitative estimate of drug-likeness (QED) is 0.199. The van der Waals surface area contributed by atoms with Gasteiger partial charge in [-0.3, -0.25) is 19.9 Å². The van der Waals surface area contributed by atoms with Crippen molar-refractivity contribution in [1.29, 1.82) is 0 Å². The number of fused-ring (bicyclic) bond motifs is 6. The van der Waals surface area contributed by atoms with E-state index >= 15 is 0 Å². The largest absolute Gasteiger partial charge is 0.254 e. The van der Waals surface area contributed by atoms with Crippen molar-refractivity contribution in [2.45, 2.75) is 0 Å². The van der Waals surface area contributed by atoms with Gasteiger partial charge < -0.3 is 0 Å². The van der Waals surface area contributed by atoms with E-state index in [0.29, 0.717) is 0 Å². The number of aromatic nitrogens is 4. The molecule has 0 saturated heterocycles. The fraction of sp³-hybridized carbons (Fsp3) is 0. The molecule has 0 saturated carbocycles. The van der Waals surface area contributed by atoms with E-state index < -0.39 is 0 Å². The van der Waals surface area contributed by atoms with Crippen LogP contribution in [0.3, 0.4) is 0 Å². The standard InChI is InChI=1S/2C12H8N2.ClH.Cu/c2*1-3-9-5-6-10-4-2-8-14-12(10)11(9)13-7-1;;/h2*1-8H;1H;/q;;;+1/p-1. The van der Waals surface area contributed by atoms with Crippen molar-refractivity contribution >= 4 is 53.7 Å². The summed E-state index contributed by atoms with van der Waals surface area (Å²) in [7, 11) is 4.20. The average Bonchev–Trinajstić information content (AvgIpc) is 2.85. The number of pyridine rings is 4. The third-order valence-corrected chi connectivity index (χ3v) is 4.69. The maximum atomic E-state index is 4.35. The second-order valence-corrected chi connectivity index (χ2v) is 6.43. The van der Waals surface area contributed by atoms with E-state index in [1.807, 2.05) is 24.3 Å². The van der Waals surface area contributed by atoms with Crippen LogP contribution in [0.4, 0.5) is 0 Å². The molecule has 0 bridgehead atoms. The molecule has 0 aliphatic heterocycles. The minimum absolute atomic E-state index is 0.977. The second-order valence-electron chi connectivity index (χ2n) is 6.43. The Morgan fingerprint density at radius 2 is 0.633 bits per heavy atom. The molecular weight excluding hydrogens is 443 g/mol. The van der Waals surface area contributed by atoms with Crippen molar-refractivity contribution in [2.24, 2.45) is 0 Å². The zero-order valence-electron chi connectivity index (χ0n) is 15.7. The molecule has 0 atom stereocenters. The van der Waals surface area contributed by atoms with E-state index in [0.717, 1.165) is 43.6 Å². The maximum absolute atomic E-state index is 4.35. The zero-order valence-corrected chi connectivity index (χ0v) is 17.4. The predicted octanol–water partition coefficient (Wildman–Crippen LogP) is 6.25. The van der Waals surface area contributed by atoms with Gasteiger partial charge in [0.25, 0.3) is 0 Å². The first kappa shape index (κ1) is 20.2. The van der Waals surface area contributed by atoms with Crippen molar-refractivity contribution in [3.05, 3.63) is 97.6 Å².